The van der Waals surface area contributed by atoms with E-state index in [1.807, 2.05) is 6.07 Å². The molecule has 0 atom stereocenters. The molecule has 1 aromatic heterocycles. The van der Waals surface area contributed by atoms with Gasteiger partial charge in [-0.2, -0.15) is 5.26 Å². The summed E-state index contributed by atoms with van der Waals surface area (Å²) in [7, 11) is 0. The van der Waals surface area contributed by atoms with Crippen molar-refractivity contribution in [2.45, 2.75) is 0 Å². The second-order valence-electron chi connectivity index (χ2n) is 2.86. The summed E-state index contributed by atoms with van der Waals surface area (Å²) in [5, 5.41) is 8.76. The van der Waals surface area contributed by atoms with Crippen LogP contribution in [0.15, 0.2) is 29.0 Å². The highest BCUT2D eigenvalue weighted by Crippen LogP contribution is 2.26. The maximum Gasteiger partial charge on any atom is 0.166 e. The molecule has 0 saturated heterocycles. The van der Waals surface area contributed by atoms with Crippen LogP contribution in [-0.4, -0.2) is 9.97 Å². The van der Waals surface area contributed by atoms with E-state index in [0.717, 1.165) is 4.47 Å². The van der Waals surface area contributed by atoms with Gasteiger partial charge in [0.05, 0.1) is 12.0 Å². The van der Waals surface area contributed by atoms with E-state index < -0.39 is 0 Å². The molecule has 0 aliphatic heterocycles. The number of imidazole rings is 1. The van der Waals surface area contributed by atoms with Crippen LogP contribution in [0.2, 0.25) is 0 Å². The van der Waals surface area contributed by atoms with Gasteiger partial charge in [-0.25, -0.2) is 9.37 Å². The van der Waals surface area contributed by atoms with Crippen molar-refractivity contribution in [3.8, 4) is 17.3 Å². The highest BCUT2D eigenvalue weighted by Gasteiger charge is 2.12. The number of rotatable bonds is 1. The van der Waals surface area contributed by atoms with Gasteiger partial charge in [-0.1, -0.05) is 15.9 Å². The van der Waals surface area contributed by atoms with E-state index in [2.05, 4.69) is 25.9 Å². The summed E-state index contributed by atoms with van der Waals surface area (Å²) in [4.78, 5) is 6.53. The predicted octanol–water partition coefficient (Wildman–Crippen LogP) is 2.85. The Kier molecular flexibility index (Phi) is 2.52. The maximum atomic E-state index is 13.5. The summed E-state index contributed by atoms with van der Waals surface area (Å²) in [6.07, 6.45) is 1.37. The van der Waals surface area contributed by atoms with Crippen molar-refractivity contribution in [1.82, 2.24) is 9.97 Å². The van der Waals surface area contributed by atoms with Crippen molar-refractivity contribution >= 4 is 15.9 Å². The Morgan fingerprint density at radius 3 is 3.00 bits per heavy atom. The first-order valence-corrected chi connectivity index (χ1v) is 4.90. The molecule has 0 unspecified atom stereocenters. The lowest BCUT2D eigenvalue weighted by atomic mass is 10.1. The van der Waals surface area contributed by atoms with Gasteiger partial charge in [-0.3, -0.25) is 0 Å². The van der Waals surface area contributed by atoms with E-state index in [0.29, 0.717) is 11.3 Å². The lowest BCUT2D eigenvalue weighted by Crippen LogP contribution is -1.87. The standard InChI is InChI=1S/C10H5BrFN3/c11-6-1-2-8(12)7(3-6)10-9(4-13)14-5-15-10/h1-3,5H,(H,14,15). The smallest absolute Gasteiger partial charge is 0.166 e. The molecule has 1 heterocycles. The molecule has 0 bridgehead atoms. The molecule has 0 aliphatic carbocycles. The van der Waals surface area contributed by atoms with Crippen molar-refractivity contribution in [1.29, 1.82) is 5.26 Å². The molecule has 0 spiro atoms. The molecule has 0 fully saturated rings. The van der Waals surface area contributed by atoms with Gasteiger partial charge < -0.3 is 4.98 Å². The largest absolute Gasteiger partial charge is 0.343 e. The number of halogens is 2. The van der Waals surface area contributed by atoms with Crippen LogP contribution in [0.5, 0.6) is 0 Å². The van der Waals surface area contributed by atoms with Crippen molar-refractivity contribution in [2.24, 2.45) is 0 Å². The highest BCUT2D eigenvalue weighted by molar-refractivity contribution is 9.10. The minimum atomic E-state index is -0.390. The molecule has 3 nitrogen and oxygen atoms in total. The van der Waals surface area contributed by atoms with Crippen LogP contribution in [0.4, 0.5) is 4.39 Å². The normalized spacial score (nSPS) is 9.93. The lowest BCUT2D eigenvalue weighted by molar-refractivity contribution is 0.630. The average molecular weight is 266 g/mol. The maximum absolute atomic E-state index is 13.5. The van der Waals surface area contributed by atoms with Crippen molar-refractivity contribution < 1.29 is 4.39 Å². The molecular formula is C10H5BrFN3. The quantitative estimate of drug-likeness (QED) is 0.862. The van der Waals surface area contributed by atoms with Gasteiger partial charge >= 0.3 is 0 Å². The molecule has 0 aliphatic rings. The van der Waals surface area contributed by atoms with Gasteiger partial charge in [0.2, 0.25) is 0 Å². The monoisotopic (exact) mass is 265 g/mol. The van der Waals surface area contributed by atoms with Gasteiger partial charge in [0.15, 0.2) is 5.69 Å². The van der Waals surface area contributed by atoms with Crippen LogP contribution in [0, 0.1) is 17.1 Å². The van der Waals surface area contributed by atoms with Gasteiger partial charge in [-0.05, 0) is 18.2 Å². The molecule has 5 heteroatoms. The van der Waals surface area contributed by atoms with Gasteiger partial charge in [0.25, 0.3) is 0 Å². The van der Waals surface area contributed by atoms with Crippen LogP contribution in [0.3, 0.4) is 0 Å². The second kappa shape index (κ2) is 3.83. The molecule has 1 N–H and O–H groups in total. The molecule has 15 heavy (non-hydrogen) atoms. The van der Waals surface area contributed by atoms with Gasteiger partial charge in [0, 0.05) is 10.0 Å². The molecular weight excluding hydrogens is 261 g/mol. The number of benzene rings is 1. The van der Waals surface area contributed by atoms with E-state index in [1.165, 1.54) is 12.4 Å². The molecule has 0 saturated carbocycles. The Labute approximate surface area is 93.7 Å². The van der Waals surface area contributed by atoms with Crippen LogP contribution < -0.4 is 0 Å². The zero-order chi connectivity index (χ0) is 10.8. The number of hydrogen-bond acceptors (Lipinski definition) is 2. The zero-order valence-corrected chi connectivity index (χ0v) is 9.05. The number of H-pyrrole nitrogens is 1. The lowest BCUT2D eigenvalue weighted by Gasteiger charge is -2.01. The number of aromatic amines is 1. The third-order valence-corrected chi connectivity index (χ3v) is 2.44. The molecule has 2 aromatic rings. The fourth-order valence-corrected chi connectivity index (χ4v) is 1.63. The van der Waals surface area contributed by atoms with Gasteiger partial charge in [0.1, 0.15) is 11.9 Å². The second-order valence-corrected chi connectivity index (χ2v) is 3.78. The Morgan fingerprint density at radius 1 is 1.47 bits per heavy atom. The highest BCUT2D eigenvalue weighted by atomic mass is 79.9. The fraction of sp³-hybridized carbons (Fsp3) is 0. The minimum absolute atomic E-state index is 0.187. The summed E-state index contributed by atoms with van der Waals surface area (Å²) in [5.41, 5.74) is 0.918. The summed E-state index contributed by atoms with van der Waals surface area (Å²) in [6.45, 7) is 0. The van der Waals surface area contributed by atoms with Crippen molar-refractivity contribution in [3.63, 3.8) is 0 Å². The fourth-order valence-electron chi connectivity index (χ4n) is 1.27. The zero-order valence-electron chi connectivity index (χ0n) is 7.46. The summed E-state index contributed by atoms with van der Waals surface area (Å²) in [6, 6.07) is 6.43. The van der Waals surface area contributed by atoms with Crippen molar-refractivity contribution in [2.75, 3.05) is 0 Å². The van der Waals surface area contributed by atoms with Crippen LogP contribution in [0.25, 0.3) is 11.3 Å². The van der Waals surface area contributed by atoms with E-state index in [1.54, 1.807) is 12.1 Å². The Hall–Kier alpha value is -1.67. The number of nitrogens with zero attached hydrogens (tertiary/aromatic N) is 2. The van der Waals surface area contributed by atoms with Crippen LogP contribution >= 0.6 is 15.9 Å². The average Bonchev–Trinajstić information content (AvgIpc) is 2.69. The summed E-state index contributed by atoms with van der Waals surface area (Å²) in [5.74, 6) is -0.390. The van der Waals surface area contributed by atoms with Gasteiger partial charge in [-0.15, -0.1) is 0 Å². The third-order valence-electron chi connectivity index (χ3n) is 1.94. The minimum Gasteiger partial charge on any atom is -0.343 e. The Morgan fingerprint density at radius 2 is 2.27 bits per heavy atom. The summed E-state index contributed by atoms with van der Waals surface area (Å²) < 4.78 is 14.2. The molecule has 0 amide bonds. The first-order valence-electron chi connectivity index (χ1n) is 4.11. The van der Waals surface area contributed by atoms with Crippen LogP contribution in [-0.2, 0) is 0 Å². The van der Waals surface area contributed by atoms with E-state index in [4.69, 9.17) is 5.26 Å². The number of nitrogens with one attached hydrogen (secondary N) is 1. The molecule has 2 rings (SSSR count). The Bertz CT molecular complexity index is 542. The summed E-state index contributed by atoms with van der Waals surface area (Å²) >= 11 is 3.24. The third kappa shape index (κ3) is 1.76. The molecule has 74 valence electrons. The number of nitriles is 1. The van der Waals surface area contributed by atoms with Crippen molar-refractivity contribution in [3.05, 3.63) is 40.5 Å². The number of aromatic nitrogens is 2. The first kappa shape index (κ1) is 9.87. The first-order chi connectivity index (χ1) is 7.22. The van der Waals surface area contributed by atoms with Crippen LogP contribution in [0.1, 0.15) is 5.69 Å². The molecule has 1 aromatic carbocycles. The van der Waals surface area contributed by atoms with E-state index in [9.17, 15) is 4.39 Å². The predicted molar refractivity (Wildman–Crippen MR) is 56.4 cm³/mol. The van der Waals surface area contributed by atoms with E-state index in [-0.39, 0.29) is 11.5 Å². The Balaban J connectivity index is 2.64. The SMILES string of the molecule is N#Cc1nc[nH]c1-c1cc(Br)ccc1F. The number of hydrogen-bond donors (Lipinski definition) is 1. The van der Waals surface area contributed by atoms with E-state index >= 15 is 0 Å². The molecule has 0 radical (unpaired) electrons. The topological polar surface area (TPSA) is 52.5 Å².